The Hall–Kier alpha value is -0.700. The zero-order chi connectivity index (χ0) is 11.5. The second-order valence-electron chi connectivity index (χ2n) is 3.29. The van der Waals surface area contributed by atoms with E-state index in [2.05, 4.69) is 25.4 Å². The van der Waals surface area contributed by atoms with Crippen molar-refractivity contribution in [2.45, 2.75) is 6.42 Å². The van der Waals surface area contributed by atoms with Crippen molar-refractivity contribution in [3.8, 4) is 0 Å². The molecule has 2 heterocycles. The first-order valence-corrected chi connectivity index (χ1v) is 6.96. The summed E-state index contributed by atoms with van der Waals surface area (Å²) in [5, 5.41) is 2.14. The van der Waals surface area contributed by atoms with Gasteiger partial charge in [-0.05, 0) is 29.1 Å². The first kappa shape index (κ1) is 11.8. The molecule has 0 amide bonds. The number of rotatable bonds is 3. The van der Waals surface area contributed by atoms with E-state index >= 15 is 0 Å². The molecule has 0 aliphatic heterocycles. The quantitative estimate of drug-likeness (QED) is 0.633. The van der Waals surface area contributed by atoms with Gasteiger partial charge in [-0.2, -0.15) is 0 Å². The van der Waals surface area contributed by atoms with E-state index in [-0.39, 0.29) is 5.97 Å². The summed E-state index contributed by atoms with van der Waals surface area (Å²) in [4.78, 5) is 13.1. The number of esters is 1. The third-order valence-electron chi connectivity index (χ3n) is 2.10. The number of hydrogen-bond acceptors (Lipinski definition) is 4. The van der Waals surface area contributed by atoms with Crippen molar-refractivity contribution in [2.24, 2.45) is 0 Å². The lowest BCUT2D eigenvalue weighted by molar-refractivity contribution is 0.0606. The predicted molar refractivity (Wildman–Crippen MR) is 72.1 cm³/mol. The van der Waals surface area contributed by atoms with Crippen LogP contribution in [-0.2, 0) is 11.2 Å². The number of methoxy groups -OCH3 is 1. The van der Waals surface area contributed by atoms with Crippen molar-refractivity contribution < 1.29 is 9.53 Å². The smallest absolute Gasteiger partial charge is 0.348 e. The fraction of sp³-hybridized carbons (Fsp3) is 0.182. The van der Waals surface area contributed by atoms with E-state index in [0.29, 0.717) is 4.88 Å². The van der Waals surface area contributed by atoms with Crippen LogP contribution < -0.4 is 4.62 Å². The van der Waals surface area contributed by atoms with Crippen molar-refractivity contribution in [1.82, 2.24) is 0 Å². The molecule has 0 radical (unpaired) electrons. The number of carbonyl (C=O) groups excluding carboxylic acids is 1. The van der Waals surface area contributed by atoms with Crippen LogP contribution in [-0.4, -0.2) is 13.1 Å². The van der Waals surface area contributed by atoms with Gasteiger partial charge in [-0.25, -0.2) is 4.79 Å². The fourth-order valence-electron chi connectivity index (χ4n) is 1.37. The molecule has 16 heavy (non-hydrogen) atoms. The van der Waals surface area contributed by atoms with Crippen LogP contribution in [0.5, 0.6) is 0 Å². The zero-order valence-corrected chi connectivity index (χ0v) is 11.5. The average Bonchev–Trinajstić information content (AvgIpc) is 2.87. The molecule has 5 heteroatoms. The van der Waals surface area contributed by atoms with Crippen LogP contribution in [0.15, 0.2) is 23.6 Å². The molecule has 0 aliphatic rings. The summed E-state index contributed by atoms with van der Waals surface area (Å²) >= 11 is 3.21. The van der Waals surface area contributed by atoms with Gasteiger partial charge >= 0.3 is 5.97 Å². The maximum absolute atomic E-state index is 11.3. The van der Waals surface area contributed by atoms with Crippen LogP contribution in [0.25, 0.3) is 0 Å². The first-order chi connectivity index (χ1) is 7.69. The highest BCUT2D eigenvalue weighted by Crippen LogP contribution is 2.21. The molecule has 0 bridgehead atoms. The summed E-state index contributed by atoms with van der Waals surface area (Å²) in [6, 6.07) is 5.95. The standard InChI is InChI=1S/C11H11O2PS2/c1-13-11(12)9-3-2-8(16-9)4-7-5-10(14)15-6-7/h2-3,5-6H,4,14H2,1H3. The van der Waals surface area contributed by atoms with E-state index in [4.69, 9.17) is 0 Å². The summed E-state index contributed by atoms with van der Waals surface area (Å²) in [6.45, 7) is 0. The Kier molecular flexibility index (Phi) is 3.74. The van der Waals surface area contributed by atoms with E-state index in [1.165, 1.54) is 33.5 Å². The van der Waals surface area contributed by atoms with Gasteiger partial charge in [0.1, 0.15) is 4.88 Å². The van der Waals surface area contributed by atoms with Gasteiger partial charge in [0.05, 0.1) is 7.11 Å². The Labute approximate surface area is 104 Å². The second kappa shape index (κ2) is 5.09. The molecule has 2 aromatic heterocycles. The van der Waals surface area contributed by atoms with E-state index in [9.17, 15) is 4.79 Å². The minimum atomic E-state index is -0.256. The van der Waals surface area contributed by atoms with Crippen molar-refractivity contribution >= 4 is 42.5 Å². The third kappa shape index (κ3) is 2.70. The van der Waals surface area contributed by atoms with Crippen LogP contribution in [0, 0.1) is 0 Å². The minimum absolute atomic E-state index is 0.256. The predicted octanol–water partition coefficient (Wildman–Crippen LogP) is 2.69. The minimum Gasteiger partial charge on any atom is -0.465 e. The highest BCUT2D eigenvalue weighted by Gasteiger charge is 2.09. The average molecular weight is 270 g/mol. The lowest BCUT2D eigenvalue weighted by Gasteiger charge is -1.93. The molecule has 84 valence electrons. The van der Waals surface area contributed by atoms with Crippen LogP contribution in [0.1, 0.15) is 20.1 Å². The number of hydrogen-bond donors (Lipinski definition) is 0. The largest absolute Gasteiger partial charge is 0.465 e. The number of carbonyl (C=O) groups is 1. The number of thiophene rings is 2. The van der Waals surface area contributed by atoms with Gasteiger partial charge < -0.3 is 4.74 Å². The summed E-state index contributed by atoms with van der Waals surface area (Å²) < 4.78 is 5.91. The molecule has 0 saturated carbocycles. The van der Waals surface area contributed by atoms with Gasteiger partial charge in [-0.1, -0.05) is 9.24 Å². The maximum atomic E-state index is 11.3. The Bertz CT molecular complexity index is 502. The molecule has 0 fully saturated rings. The fourth-order valence-corrected chi connectivity index (χ4v) is 3.41. The Morgan fingerprint density at radius 2 is 2.31 bits per heavy atom. The Morgan fingerprint density at radius 3 is 2.94 bits per heavy atom. The lowest BCUT2D eigenvalue weighted by Crippen LogP contribution is -1.96. The van der Waals surface area contributed by atoms with Gasteiger partial charge in [-0.15, -0.1) is 22.7 Å². The van der Waals surface area contributed by atoms with Crippen molar-refractivity contribution in [2.75, 3.05) is 7.11 Å². The Balaban J connectivity index is 2.11. The van der Waals surface area contributed by atoms with E-state index < -0.39 is 0 Å². The molecule has 0 spiro atoms. The van der Waals surface area contributed by atoms with Gasteiger partial charge in [-0.3, -0.25) is 0 Å². The van der Waals surface area contributed by atoms with Crippen molar-refractivity contribution in [3.63, 3.8) is 0 Å². The highest BCUT2D eigenvalue weighted by molar-refractivity contribution is 7.42. The Morgan fingerprint density at radius 1 is 1.50 bits per heavy atom. The van der Waals surface area contributed by atoms with Gasteiger partial charge in [0.15, 0.2) is 0 Å². The number of ether oxygens (including phenoxy) is 1. The highest BCUT2D eigenvalue weighted by atomic mass is 32.1. The van der Waals surface area contributed by atoms with E-state index in [0.717, 1.165) is 6.42 Å². The van der Waals surface area contributed by atoms with Gasteiger partial charge in [0.2, 0.25) is 0 Å². The summed E-state index contributed by atoms with van der Waals surface area (Å²) in [6.07, 6.45) is 0.882. The molecular weight excluding hydrogens is 259 g/mol. The van der Waals surface area contributed by atoms with Crippen molar-refractivity contribution in [1.29, 1.82) is 0 Å². The van der Waals surface area contributed by atoms with Gasteiger partial charge in [0, 0.05) is 15.9 Å². The molecule has 2 rings (SSSR count). The molecule has 2 nitrogen and oxygen atoms in total. The molecule has 0 aliphatic carbocycles. The molecular formula is C11H11O2PS2. The van der Waals surface area contributed by atoms with Crippen LogP contribution in [0.4, 0.5) is 0 Å². The summed E-state index contributed by atoms with van der Waals surface area (Å²) in [5.74, 6) is -0.256. The van der Waals surface area contributed by atoms with Crippen molar-refractivity contribution in [3.05, 3.63) is 38.9 Å². The molecule has 2 aromatic rings. The van der Waals surface area contributed by atoms with Crippen LogP contribution >= 0.6 is 31.9 Å². The second-order valence-corrected chi connectivity index (χ2v) is 6.44. The molecule has 1 atom stereocenters. The lowest BCUT2D eigenvalue weighted by atomic mass is 10.2. The third-order valence-corrected chi connectivity index (χ3v) is 4.55. The molecule has 1 unspecified atom stereocenters. The van der Waals surface area contributed by atoms with Crippen LogP contribution in [0.3, 0.4) is 0 Å². The van der Waals surface area contributed by atoms with Crippen LogP contribution in [0.2, 0.25) is 0 Å². The molecule has 0 saturated heterocycles. The monoisotopic (exact) mass is 270 g/mol. The first-order valence-electron chi connectivity index (χ1n) is 4.69. The summed E-state index contributed by atoms with van der Waals surface area (Å²) in [5.41, 5.74) is 1.29. The molecule has 0 N–H and O–H groups in total. The van der Waals surface area contributed by atoms with Gasteiger partial charge in [0.25, 0.3) is 0 Å². The summed E-state index contributed by atoms with van der Waals surface area (Å²) in [7, 11) is 4.10. The molecule has 0 aromatic carbocycles. The SMILES string of the molecule is COC(=O)c1ccc(Cc2csc(P)c2)s1. The zero-order valence-electron chi connectivity index (χ0n) is 8.73. The topological polar surface area (TPSA) is 26.3 Å². The normalized spacial score (nSPS) is 10.4. The maximum Gasteiger partial charge on any atom is 0.348 e. The van der Waals surface area contributed by atoms with E-state index in [1.54, 1.807) is 11.3 Å². The van der Waals surface area contributed by atoms with E-state index in [1.807, 2.05) is 12.1 Å².